The van der Waals surface area contributed by atoms with E-state index in [0.717, 1.165) is 12.3 Å². The van der Waals surface area contributed by atoms with E-state index in [9.17, 15) is 0 Å². The molecule has 1 rings (SSSR count). The maximum absolute atomic E-state index is 5.70. The first-order valence-corrected chi connectivity index (χ1v) is 8.17. The van der Waals surface area contributed by atoms with E-state index in [1.165, 1.54) is 37.7 Å². The lowest BCUT2D eigenvalue weighted by molar-refractivity contribution is 0.242. The molecule has 1 aromatic carbocycles. The lowest BCUT2D eigenvalue weighted by Crippen LogP contribution is -2.20. The van der Waals surface area contributed by atoms with Crippen LogP contribution < -0.4 is 10.1 Å². The zero-order valence-corrected chi connectivity index (χ0v) is 13.6. The summed E-state index contributed by atoms with van der Waals surface area (Å²) in [6, 6.07) is 9.05. The molecule has 0 aliphatic rings. The minimum Gasteiger partial charge on any atom is -0.491 e. The van der Waals surface area contributed by atoms with E-state index < -0.39 is 0 Å². The fourth-order valence-corrected chi connectivity index (χ4v) is 2.46. The van der Waals surface area contributed by atoms with Crippen molar-refractivity contribution in [2.24, 2.45) is 0 Å². The fourth-order valence-electron chi connectivity index (χ4n) is 2.46. The Morgan fingerprint density at radius 1 is 1.00 bits per heavy atom. The molecule has 0 amide bonds. The lowest BCUT2D eigenvalue weighted by Gasteiger charge is -2.19. The van der Waals surface area contributed by atoms with Gasteiger partial charge >= 0.3 is 0 Å². The normalized spacial score (nSPS) is 12.7. The number of unbranched alkanes of at least 4 members (excludes halogenated alkanes) is 3. The summed E-state index contributed by atoms with van der Waals surface area (Å²) < 4.78 is 5.70. The fraction of sp³-hybridized carbons (Fsp3) is 0.667. The molecule has 0 aromatic heterocycles. The van der Waals surface area contributed by atoms with Crippen LogP contribution in [0.5, 0.6) is 5.75 Å². The molecule has 0 saturated carbocycles. The molecule has 0 heterocycles. The molecule has 114 valence electrons. The molecule has 0 spiro atoms. The Morgan fingerprint density at radius 2 is 1.70 bits per heavy atom. The summed E-state index contributed by atoms with van der Waals surface area (Å²) in [6.07, 6.45) is 6.74. The smallest absolute Gasteiger partial charge is 0.119 e. The SMILES string of the molecule is CCCCCCC(NCC)c1ccc(OC(C)C)cc1. The number of rotatable bonds is 10. The lowest BCUT2D eigenvalue weighted by atomic mass is 10.00. The molecular formula is C18H31NO. The molecule has 0 aliphatic heterocycles. The van der Waals surface area contributed by atoms with Crippen LogP contribution in [-0.4, -0.2) is 12.6 Å². The third-order valence-corrected chi connectivity index (χ3v) is 3.45. The van der Waals surface area contributed by atoms with Crippen LogP contribution in [0.3, 0.4) is 0 Å². The molecule has 0 aliphatic carbocycles. The van der Waals surface area contributed by atoms with Crippen molar-refractivity contribution >= 4 is 0 Å². The summed E-state index contributed by atoms with van der Waals surface area (Å²) >= 11 is 0. The molecule has 0 bridgehead atoms. The third kappa shape index (κ3) is 6.42. The van der Waals surface area contributed by atoms with Crippen LogP contribution in [0.1, 0.15) is 71.4 Å². The van der Waals surface area contributed by atoms with E-state index in [-0.39, 0.29) is 6.10 Å². The topological polar surface area (TPSA) is 21.3 Å². The average molecular weight is 277 g/mol. The van der Waals surface area contributed by atoms with Gasteiger partial charge in [0.15, 0.2) is 0 Å². The van der Waals surface area contributed by atoms with Crippen LogP contribution in [0, 0.1) is 0 Å². The summed E-state index contributed by atoms with van der Waals surface area (Å²) in [5.74, 6) is 0.963. The first-order valence-electron chi connectivity index (χ1n) is 8.17. The summed E-state index contributed by atoms with van der Waals surface area (Å²) in [5, 5.41) is 3.60. The summed E-state index contributed by atoms with van der Waals surface area (Å²) in [5.41, 5.74) is 1.37. The molecule has 2 nitrogen and oxygen atoms in total. The highest BCUT2D eigenvalue weighted by molar-refractivity contribution is 5.29. The van der Waals surface area contributed by atoms with E-state index in [1.807, 2.05) is 0 Å². The molecular weight excluding hydrogens is 246 g/mol. The van der Waals surface area contributed by atoms with Crippen molar-refractivity contribution in [3.8, 4) is 5.75 Å². The van der Waals surface area contributed by atoms with Crippen molar-refractivity contribution in [2.45, 2.75) is 71.9 Å². The standard InChI is InChI=1S/C18H31NO/c1-5-7-8-9-10-18(19-6-2)16-11-13-17(14-12-16)20-15(3)4/h11-15,18-19H,5-10H2,1-4H3. The molecule has 1 N–H and O–H groups in total. The van der Waals surface area contributed by atoms with E-state index >= 15 is 0 Å². The van der Waals surface area contributed by atoms with Crippen LogP contribution in [-0.2, 0) is 0 Å². The zero-order chi connectivity index (χ0) is 14.8. The molecule has 2 heteroatoms. The molecule has 1 aromatic rings. The quantitative estimate of drug-likeness (QED) is 0.601. The highest BCUT2D eigenvalue weighted by Crippen LogP contribution is 2.23. The number of benzene rings is 1. The van der Waals surface area contributed by atoms with Crippen molar-refractivity contribution in [1.82, 2.24) is 5.32 Å². The van der Waals surface area contributed by atoms with Crippen molar-refractivity contribution in [1.29, 1.82) is 0 Å². The average Bonchev–Trinajstić information content (AvgIpc) is 2.43. The minimum absolute atomic E-state index is 0.236. The monoisotopic (exact) mass is 277 g/mol. The molecule has 20 heavy (non-hydrogen) atoms. The predicted molar refractivity (Wildman–Crippen MR) is 87.4 cm³/mol. The van der Waals surface area contributed by atoms with Gasteiger partial charge in [-0.15, -0.1) is 0 Å². The van der Waals surface area contributed by atoms with Crippen molar-refractivity contribution in [3.05, 3.63) is 29.8 Å². The predicted octanol–water partition coefficient (Wildman–Crippen LogP) is 5.09. The summed E-state index contributed by atoms with van der Waals surface area (Å²) in [6.45, 7) is 9.57. The second-order valence-electron chi connectivity index (χ2n) is 5.70. The molecule has 0 fully saturated rings. The first kappa shape index (κ1) is 17.0. The van der Waals surface area contributed by atoms with Gasteiger partial charge in [-0.2, -0.15) is 0 Å². The van der Waals surface area contributed by atoms with Crippen LogP contribution in [0.25, 0.3) is 0 Å². The largest absolute Gasteiger partial charge is 0.491 e. The first-order chi connectivity index (χ1) is 9.67. The van der Waals surface area contributed by atoms with Gasteiger partial charge in [0.25, 0.3) is 0 Å². The Morgan fingerprint density at radius 3 is 2.25 bits per heavy atom. The third-order valence-electron chi connectivity index (χ3n) is 3.45. The Hall–Kier alpha value is -1.02. The van der Waals surface area contributed by atoms with E-state index in [0.29, 0.717) is 6.04 Å². The number of ether oxygens (including phenoxy) is 1. The maximum atomic E-state index is 5.70. The highest BCUT2D eigenvalue weighted by atomic mass is 16.5. The van der Waals surface area contributed by atoms with Crippen LogP contribution in [0.4, 0.5) is 0 Å². The Labute approximate surface area is 124 Å². The molecule has 1 atom stereocenters. The second kappa shape index (κ2) is 9.82. The second-order valence-corrected chi connectivity index (χ2v) is 5.70. The Balaban J connectivity index is 2.56. The number of hydrogen-bond donors (Lipinski definition) is 1. The maximum Gasteiger partial charge on any atom is 0.119 e. The van der Waals surface area contributed by atoms with Gasteiger partial charge in [0.2, 0.25) is 0 Å². The van der Waals surface area contributed by atoms with Gasteiger partial charge in [0.05, 0.1) is 6.10 Å². The minimum atomic E-state index is 0.236. The van der Waals surface area contributed by atoms with Gasteiger partial charge in [-0.1, -0.05) is 51.7 Å². The Bertz CT molecular complexity index is 345. The van der Waals surface area contributed by atoms with Crippen LogP contribution >= 0.6 is 0 Å². The van der Waals surface area contributed by atoms with E-state index in [1.54, 1.807) is 0 Å². The van der Waals surface area contributed by atoms with Gasteiger partial charge in [-0.05, 0) is 44.5 Å². The van der Waals surface area contributed by atoms with Crippen molar-refractivity contribution in [3.63, 3.8) is 0 Å². The molecule has 0 radical (unpaired) electrons. The highest BCUT2D eigenvalue weighted by Gasteiger charge is 2.10. The van der Waals surface area contributed by atoms with Crippen molar-refractivity contribution in [2.75, 3.05) is 6.54 Å². The van der Waals surface area contributed by atoms with Gasteiger partial charge in [0.1, 0.15) is 5.75 Å². The number of nitrogens with one attached hydrogen (secondary N) is 1. The summed E-state index contributed by atoms with van der Waals surface area (Å²) in [4.78, 5) is 0. The molecule has 0 saturated heterocycles. The van der Waals surface area contributed by atoms with E-state index in [4.69, 9.17) is 4.74 Å². The van der Waals surface area contributed by atoms with E-state index in [2.05, 4.69) is 57.3 Å². The van der Waals surface area contributed by atoms with Gasteiger partial charge in [-0.25, -0.2) is 0 Å². The zero-order valence-electron chi connectivity index (χ0n) is 13.6. The van der Waals surface area contributed by atoms with Crippen LogP contribution in [0.2, 0.25) is 0 Å². The van der Waals surface area contributed by atoms with Gasteiger partial charge in [-0.3, -0.25) is 0 Å². The van der Waals surface area contributed by atoms with Gasteiger partial charge in [0, 0.05) is 6.04 Å². The molecule has 1 unspecified atom stereocenters. The summed E-state index contributed by atoms with van der Waals surface area (Å²) in [7, 11) is 0. The van der Waals surface area contributed by atoms with Crippen molar-refractivity contribution < 1.29 is 4.74 Å². The Kier molecular flexibility index (Phi) is 8.36. The number of hydrogen-bond acceptors (Lipinski definition) is 2. The van der Waals surface area contributed by atoms with Crippen LogP contribution in [0.15, 0.2) is 24.3 Å². The van der Waals surface area contributed by atoms with Gasteiger partial charge < -0.3 is 10.1 Å².